The smallest absolute Gasteiger partial charge is 0.417 e. The number of nitrogens with one attached hydrogen (secondary N) is 1. The fraction of sp³-hybridized carbons (Fsp3) is 0.389. The molecule has 1 N–H and O–H groups in total. The molecular weight excluding hydrogens is 419 g/mol. The van der Waals surface area contributed by atoms with Crippen molar-refractivity contribution in [3.8, 4) is 0 Å². The number of ether oxygens (including phenoxy) is 3. The van der Waals surface area contributed by atoms with Crippen molar-refractivity contribution in [2.24, 2.45) is 0 Å². The van der Waals surface area contributed by atoms with Crippen molar-refractivity contribution in [1.82, 2.24) is 5.32 Å². The van der Waals surface area contributed by atoms with Gasteiger partial charge in [0.1, 0.15) is 6.61 Å². The zero-order valence-corrected chi connectivity index (χ0v) is 16.6. The highest BCUT2D eigenvalue weighted by molar-refractivity contribution is 6.31. The number of hydrogen-bond donors (Lipinski definition) is 1. The van der Waals surface area contributed by atoms with Gasteiger partial charge in [-0.15, -0.1) is 0 Å². The number of halogens is 4. The van der Waals surface area contributed by atoms with Crippen molar-refractivity contribution < 1.29 is 41.8 Å². The predicted octanol–water partition coefficient (Wildman–Crippen LogP) is 3.99. The van der Waals surface area contributed by atoms with Gasteiger partial charge in [0, 0.05) is 5.70 Å². The van der Waals surface area contributed by atoms with E-state index in [0.29, 0.717) is 0 Å². The van der Waals surface area contributed by atoms with E-state index in [0.717, 1.165) is 12.1 Å². The molecule has 0 aliphatic heterocycles. The summed E-state index contributed by atoms with van der Waals surface area (Å²) in [5.41, 5.74) is -1.76. The summed E-state index contributed by atoms with van der Waals surface area (Å²) in [4.78, 5) is 35.8. The van der Waals surface area contributed by atoms with Gasteiger partial charge in [-0.1, -0.05) is 17.7 Å². The van der Waals surface area contributed by atoms with Crippen LogP contribution in [0, 0.1) is 0 Å². The lowest BCUT2D eigenvalue weighted by Crippen LogP contribution is -2.29. The second-order valence-corrected chi connectivity index (χ2v) is 5.86. The van der Waals surface area contributed by atoms with Gasteiger partial charge in [0.2, 0.25) is 0 Å². The lowest BCUT2D eigenvalue weighted by atomic mass is 10.1. The first-order valence-electron chi connectivity index (χ1n) is 8.35. The third kappa shape index (κ3) is 7.30. The normalized spacial score (nSPS) is 10.7. The number of allylic oxidation sites excluding steroid dienone is 1. The number of alkyl carbamates (subject to hydrolysis) is 1. The summed E-state index contributed by atoms with van der Waals surface area (Å²) >= 11 is 5.52. The fourth-order valence-corrected chi connectivity index (χ4v) is 2.30. The molecule has 0 saturated carbocycles. The molecule has 160 valence electrons. The first kappa shape index (κ1) is 24.3. The molecule has 0 fully saturated rings. The van der Waals surface area contributed by atoms with Crippen LogP contribution in [-0.2, 0) is 36.6 Å². The van der Waals surface area contributed by atoms with E-state index in [1.165, 1.54) is 26.8 Å². The molecular formula is C18H19ClF3NO6. The van der Waals surface area contributed by atoms with Crippen LogP contribution >= 0.6 is 11.6 Å². The van der Waals surface area contributed by atoms with Crippen LogP contribution in [0.4, 0.5) is 18.0 Å². The molecule has 7 nitrogen and oxygen atoms in total. The zero-order valence-electron chi connectivity index (χ0n) is 15.8. The maximum atomic E-state index is 12.9. The lowest BCUT2D eigenvalue weighted by molar-refractivity contribution is -0.146. The SMILES string of the molecule is CCOC(=O)C(C(=O)OCC)=C(C)NC(=O)OCc1ccc(Cl)c(C(F)(F)F)c1. The van der Waals surface area contributed by atoms with E-state index in [4.69, 9.17) is 25.8 Å². The molecule has 0 aromatic heterocycles. The van der Waals surface area contributed by atoms with Crippen molar-refractivity contribution in [1.29, 1.82) is 0 Å². The minimum absolute atomic E-state index is 0.0163. The van der Waals surface area contributed by atoms with Gasteiger partial charge in [0.15, 0.2) is 5.57 Å². The highest BCUT2D eigenvalue weighted by Crippen LogP contribution is 2.35. The second kappa shape index (κ2) is 10.7. The van der Waals surface area contributed by atoms with Crippen molar-refractivity contribution in [2.45, 2.75) is 33.6 Å². The summed E-state index contributed by atoms with van der Waals surface area (Å²) in [6.45, 7) is 3.76. The van der Waals surface area contributed by atoms with Crippen molar-refractivity contribution in [2.75, 3.05) is 13.2 Å². The molecule has 1 rings (SSSR count). The Morgan fingerprint density at radius 1 is 1.03 bits per heavy atom. The maximum absolute atomic E-state index is 12.9. The average molecular weight is 438 g/mol. The summed E-state index contributed by atoms with van der Waals surface area (Å²) in [7, 11) is 0. The predicted molar refractivity (Wildman–Crippen MR) is 95.7 cm³/mol. The van der Waals surface area contributed by atoms with Crippen LogP contribution in [0.15, 0.2) is 29.5 Å². The number of carbonyl (C=O) groups is 3. The number of esters is 2. The van der Waals surface area contributed by atoms with Crippen LogP contribution in [0.5, 0.6) is 0 Å². The Kier molecular flexibility index (Phi) is 8.96. The van der Waals surface area contributed by atoms with E-state index < -0.39 is 47.0 Å². The maximum Gasteiger partial charge on any atom is 0.417 e. The Morgan fingerprint density at radius 3 is 2.07 bits per heavy atom. The van der Waals surface area contributed by atoms with Crippen LogP contribution < -0.4 is 5.32 Å². The van der Waals surface area contributed by atoms with Crippen LogP contribution in [-0.4, -0.2) is 31.2 Å². The summed E-state index contributed by atoms with van der Waals surface area (Å²) in [6, 6.07) is 3.04. The van der Waals surface area contributed by atoms with Crippen molar-refractivity contribution in [3.63, 3.8) is 0 Å². The molecule has 0 aliphatic carbocycles. The second-order valence-electron chi connectivity index (χ2n) is 5.45. The largest absolute Gasteiger partial charge is 0.462 e. The minimum atomic E-state index is -4.66. The fourth-order valence-electron chi connectivity index (χ4n) is 2.08. The number of hydrogen-bond acceptors (Lipinski definition) is 6. The molecule has 0 aliphatic rings. The number of carbonyl (C=O) groups excluding carboxylic acids is 3. The highest BCUT2D eigenvalue weighted by atomic mass is 35.5. The van der Waals surface area contributed by atoms with Gasteiger partial charge in [0.05, 0.1) is 23.8 Å². The van der Waals surface area contributed by atoms with Crippen molar-refractivity contribution in [3.05, 3.63) is 45.6 Å². The third-order valence-electron chi connectivity index (χ3n) is 3.33. The molecule has 0 spiro atoms. The first-order chi connectivity index (χ1) is 13.5. The quantitative estimate of drug-likeness (QED) is 0.228. The number of amides is 1. The molecule has 29 heavy (non-hydrogen) atoms. The van der Waals surface area contributed by atoms with Gasteiger partial charge in [0.25, 0.3) is 0 Å². The number of rotatable bonds is 7. The highest BCUT2D eigenvalue weighted by Gasteiger charge is 2.33. The minimum Gasteiger partial charge on any atom is -0.462 e. The molecule has 1 aromatic carbocycles. The van der Waals surface area contributed by atoms with Crippen LogP contribution in [0.2, 0.25) is 5.02 Å². The summed E-state index contributed by atoms with van der Waals surface area (Å²) < 4.78 is 52.9. The zero-order chi connectivity index (χ0) is 22.2. The monoisotopic (exact) mass is 437 g/mol. The third-order valence-corrected chi connectivity index (χ3v) is 3.66. The lowest BCUT2D eigenvalue weighted by Gasteiger charge is -2.13. The van der Waals surface area contributed by atoms with Gasteiger partial charge in [-0.25, -0.2) is 14.4 Å². The van der Waals surface area contributed by atoms with E-state index in [9.17, 15) is 27.6 Å². The van der Waals surface area contributed by atoms with Crippen LogP contribution in [0.1, 0.15) is 31.9 Å². The molecule has 0 radical (unpaired) electrons. The van der Waals surface area contributed by atoms with E-state index in [1.807, 2.05) is 0 Å². The molecule has 11 heteroatoms. The number of alkyl halides is 3. The molecule has 0 heterocycles. The van der Waals surface area contributed by atoms with E-state index in [2.05, 4.69) is 5.32 Å². The first-order valence-corrected chi connectivity index (χ1v) is 8.73. The Bertz CT molecular complexity index is 787. The van der Waals surface area contributed by atoms with E-state index in [-0.39, 0.29) is 24.5 Å². The topological polar surface area (TPSA) is 90.9 Å². The standard InChI is InChI=1S/C18H19ClF3NO6/c1-4-27-15(24)14(16(25)28-5-2)10(3)23-17(26)29-9-11-6-7-13(19)12(8-11)18(20,21)22/h6-8H,4-5,9H2,1-3H3,(H,23,26). The molecule has 0 bridgehead atoms. The summed E-state index contributed by atoms with van der Waals surface area (Å²) in [6.07, 6.45) is -5.76. The molecule has 0 saturated heterocycles. The van der Waals surface area contributed by atoms with E-state index >= 15 is 0 Å². The van der Waals surface area contributed by atoms with Gasteiger partial charge >= 0.3 is 24.2 Å². The molecule has 0 atom stereocenters. The molecule has 1 amide bonds. The summed E-state index contributed by atoms with van der Waals surface area (Å²) in [5.74, 6) is -2.01. The van der Waals surface area contributed by atoms with E-state index in [1.54, 1.807) is 0 Å². The van der Waals surface area contributed by atoms with Gasteiger partial charge < -0.3 is 14.2 Å². The van der Waals surface area contributed by atoms with Gasteiger partial charge in [-0.3, -0.25) is 5.32 Å². The molecule has 0 unspecified atom stereocenters. The van der Waals surface area contributed by atoms with Crippen molar-refractivity contribution >= 4 is 29.6 Å². The van der Waals surface area contributed by atoms with Gasteiger partial charge in [-0.05, 0) is 38.5 Å². The van der Waals surface area contributed by atoms with Crippen LogP contribution in [0.3, 0.4) is 0 Å². The van der Waals surface area contributed by atoms with Gasteiger partial charge in [-0.2, -0.15) is 13.2 Å². The molecule has 1 aromatic rings. The number of benzene rings is 1. The Morgan fingerprint density at radius 2 is 1.59 bits per heavy atom. The Hall–Kier alpha value is -2.75. The average Bonchev–Trinajstić information content (AvgIpc) is 2.60. The van der Waals surface area contributed by atoms with Crippen LogP contribution in [0.25, 0.3) is 0 Å². The Labute approximate surface area is 169 Å². The Balaban J connectivity index is 2.90. The summed E-state index contributed by atoms with van der Waals surface area (Å²) in [5, 5.41) is 1.67.